The Morgan fingerprint density at radius 3 is 2.62 bits per heavy atom. The Morgan fingerprint density at radius 1 is 1.07 bits per heavy atom. The average molecular weight is 417 g/mol. The first-order valence-corrected chi connectivity index (χ1v) is 11.4. The van der Waals surface area contributed by atoms with Crippen molar-refractivity contribution in [3.05, 3.63) is 22.5 Å². The van der Waals surface area contributed by atoms with E-state index in [2.05, 4.69) is 15.5 Å². The van der Waals surface area contributed by atoms with Crippen molar-refractivity contribution in [1.82, 2.24) is 15.5 Å². The maximum absolute atomic E-state index is 6.42. The van der Waals surface area contributed by atoms with Crippen LogP contribution in [0.5, 0.6) is 5.75 Å². The maximum atomic E-state index is 6.42. The molecule has 1 aromatic carbocycles. The Balaban J connectivity index is 1.51. The van der Waals surface area contributed by atoms with Crippen molar-refractivity contribution in [2.45, 2.75) is 57.3 Å². The summed E-state index contributed by atoms with van der Waals surface area (Å²) < 4.78 is 12.3. The first kappa shape index (κ1) is 19.2. The molecule has 3 heterocycles. The number of fused-ring (bicyclic) bond motifs is 1. The van der Waals surface area contributed by atoms with Gasteiger partial charge in [0.05, 0.1) is 22.9 Å². The topological polar surface area (TPSA) is 86.2 Å². The zero-order valence-corrected chi connectivity index (χ0v) is 17.5. The molecule has 2 fully saturated rings. The van der Waals surface area contributed by atoms with Crippen LogP contribution in [0.4, 0.5) is 5.69 Å². The summed E-state index contributed by atoms with van der Waals surface area (Å²) in [4.78, 5) is 0. The number of ether oxygens (including phenoxy) is 1. The molecule has 0 amide bonds. The van der Waals surface area contributed by atoms with Crippen molar-refractivity contribution in [3.63, 3.8) is 0 Å². The Bertz CT molecular complexity index is 872. The number of nitrogens with two attached hydrogens (primary N) is 1. The van der Waals surface area contributed by atoms with E-state index in [0.717, 1.165) is 48.7 Å². The number of anilines is 1. The third kappa shape index (κ3) is 3.61. The van der Waals surface area contributed by atoms with Crippen LogP contribution in [0.15, 0.2) is 10.5 Å². The molecule has 0 radical (unpaired) electrons. The number of hydrogen-bond donors (Lipinski definition) is 2. The molecule has 29 heavy (non-hydrogen) atoms. The van der Waals surface area contributed by atoms with Gasteiger partial charge in [-0.15, -0.1) is 10.2 Å². The van der Waals surface area contributed by atoms with Crippen LogP contribution in [0.2, 0.25) is 5.02 Å². The summed E-state index contributed by atoms with van der Waals surface area (Å²) in [5.41, 5.74) is 8.53. The van der Waals surface area contributed by atoms with Crippen molar-refractivity contribution in [2.75, 3.05) is 25.4 Å². The second-order valence-electron chi connectivity index (χ2n) is 8.68. The van der Waals surface area contributed by atoms with Crippen LogP contribution in [-0.2, 0) is 6.42 Å². The van der Waals surface area contributed by atoms with Crippen LogP contribution < -0.4 is 15.8 Å². The predicted molar refractivity (Wildman–Crippen MR) is 113 cm³/mol. The first-order chi connectivity index (χ1) is 14.2. The summed E-state index contributed by atoms with van der Waals surface area (Å²) in [6.07, 6.45) is 9.28. The lowest BCUT2D eigenvalue weighted by Gasteiger charge is -2.32. The molecule has 1 atom stereocenters. The van der Waals surface area contributed by atoms with Crippen LogP contribution in [0.25, 0.3) is 11.5 Å². The molecule has 1 saturated carbocycles. The second kappa shape index (κ2) is 8.15. The SMILES string of the molecule is Nc1c(Cl)cc(-c2nnc(C(C3CCCC3)C3CCNCC3)o2)c2c1CCCO2. The van der Waals surface area contributed by atoms with Crippen molar-refractivity contribution in [3.8, 4) is 17.2 Å². The number of piperidine rings is 1. The molecule has 0 spiro atoms. The van der Waals surface area contributed by atoms with Crippen molar-refractivity contribution >= 4 is 17.3 Å². The lowest BCUT2D eigenvalue weighted by molar-refractivity contribution is 0.220. The molecular formula is C22H29ClN4O2. The standard InChI is InChI=1S/C22H29ClN4O2/c23-17-12-16(20-15(19(17)24)6-3-11-28-20)21-26-27-22(29-21)18(13-4-1-2-5-13)14-7-9-25-10-8-14/h12-14,18,25H,1-11,24H2. The molecule has 2 aliphatic heterocycles. The molecule has 1 unspecified atom stereocenters. The Kier molecular flexibility index (Phi) is 5.39. The largest absolute Gasteiger partial charge is 0.492 e. The molecule has 1 saturated heterocycles. The lowest BCUT2D eigenvalue weighted by Crippen LogP contribution is -2.33. The molecule has 1 aromatic heterocycles. The van der Waals surface area contributed by atoms with Gasteiger partial charge in [0.1, 0.15) is 5.75 Å². The van der Waals surface area contributed by atoms with Gasteiger partial charge in [0.2, 0.25) is 5.89 Å². The summed E-state index contributed by atoms with van der Waals surface area (Å²) in [7, 11) is 0. The fourth-order valence-electron chi connectivity index (χ4n) is 5.48. The summed E-state index contributed by atoms with van der Waals surface area (Å²) in [5.74, 6) is 3.64. The number of rotatable bonds is 4. The number of nitrogen functional groups attached to an aromatic ring is 1. The quantitative estimate of drug-likeness (QED) is 0.710. The van der Waals surface area contributed by atoms with E-state index < -0.39 is 0 Å². The van der Waals surface area contributed by atoms with Gasteiger partial charge in [0, 0.05) is 11.5 Å². The smallest absolute Gasteiger partial charge is 0.251 e. The molecule has 0 bridgehead atoms. The third-order valence-electron chi connectivity index (χ3n) is 6.95. The average Bonchev–Trinajstić information content (AvgIpc) is 3.45. The number of halogens is 1. The molecule has 7 heteroatoms. The highest BCUT2D eigenvalue weighted by Crippen LogP contribution is 2.46. The van der Waals surface area contributed by atoms with Gasteiger partial charge in [-0.25, -0.2) is 0 Å². The number of nitrogens with one attached hydrogen (secondary N) is 1. The Hall–Kier alpha value is -1.79. The van der Waals surface area contributed by atoms with E-state index in [1.807, 2.05) is 6.07 Å². The van der Waals surface area contributed by atoms with Gasteiger partial charge in [0.15, 0.2) is 0 Å². The van der Waals surface area contributed by atoms with E-state index in [-0.39, 0.29) is 0 Å². The normalized spacial score (nSPS) is 21.7. The Labute approximate surface area is 176 Å². The number of aromatic nitrogens is 2. The van der Waals surface area contributed by atoms with Gasteiger partial charge in [-0.05, 0) is 69.5 Å². The van der Waals surface area contributed by atoms with Gasteiger partial charge >= 0.3 is 0 Å². The van der Waals surface area contributed by atoms with Gasteiger partial charge < -0.3 is 20.2 Å². The van der Waals surface area contributed by atoms with Crippen molar-refractivity contribution in [1.29, 1.82) is 0 Å². The zero-order chi connectivity index (χ0) is 19.8. The lowest BCUT2D eigenvalue weighted by atomic mass is 9.76. The Morgan fingerprint density at radius 2 is 1.83 bits per heavy atom. The highest BCUT2D eigenvalue weighted by Gasteiger charge is 2.37. The second-order valence-corrected chi connectivity index (χ2v) is 9.09. The summed E-state index contributed by atoms with van der Waals surface area (Å²) in [6, 6.07) is 1.81. The van der Waals surface area contributed by atoms with Crippen molar-refractivity contribution in [2.24, 2.45) is 11.8 Å². The number of hydrogen-bond acceptors (Lipinski definition) is 6. The highest BCUT2D eigenvalue weighted by molar-refractivity contribution is 6.33. The van der Waals surface area contributed by atoms with E-state index in [1.165, 1.54) is 38.5 Å². The molecule has 1 aliphatic carbocycles. The fraction of sp³-hybridized carbons (Fsp3) is 0.636. The molecular weight excluding hydrogens is 388 g/mol. The minimum absolute atomic E-state index is 0.349. The fourth-order valence-corrected chi connectivity index (χ4v) is 5.70. The van der Waals surface area contributed by atoms with Gasteiger partial charge in [-0.2, -0.15) is 0 Å². The summed E-state index contributed by atoms with van der Waals surface area (Å²) in [6.45, 7) is 2.81. The minimum atomic E-state index is 0.349. The van der Waals surface area contributed by atoms with Crippen LogP contribution in [0, 0.1) is 11.8 Å². The zero-order valence-electron chi connectivity index (χ0n) is 16.8. The van der Waals surface area contributed by atoms with Crippen LogP contribution in [-0.4, -0.2) is 29.9 Å². The van der Waals surface area contributed by atoms with Gasteiger partial charge in [-0.3, -0.25) is 0 Å². The predicted octanol–water partition coefficient (Wildman–Crippen LogP) is 4.57. The summed E-state index contributed by atoms with van der Waals surface area (Å²) >= 11 is 6.42. The van der Waals surface area contributed by atoms with Gasteiger partial charge in [-0.1, -0.05) is 24.4 Å². The molecule has 6 nitrogen and oxygen atoms in total. The van der Waals surface area contributed by atoms with Gasteiger partial charge in [0.25, 0.3) is 5.89 Å². The van der Waals surface area contributed by atoms with E-state index in [4.69, 9.17) is 26.5 Å². The van der Waals surface area contributed by atoms with E-state index >= 15 is 0 Å². The van der Waals surface area contributed by atoms with Crippen LogP contribution in [0.1, 0.15) is 62.3 Å². The van der Waals surface area contributed by atoms with E-state index in [9.17, 15) is 0 Å². The number of nitrogens with zero attached hydrogens (tertiary/aromatic N) is 2. The minimum Gasteiger partial charge on any atom is -0.492 e. The molecule has 156 valence electrons. The van der Waals surface area contributed by atoms with Crippen LogP contribution >= 0.6 is 11.6 Å². The first-order valence-electron chi connectivity index (χ1n) is 11.0. The summed E-state index contributed by atoms with van der Waals surface area (Å²) in [5, 5.41) is 13.0. The van der Waals surface area contributed by atoms with E-state index in [0.29, 0.717) is 41.0 Å². The molecule has 3 N–H and O–H groups in total. The molecule has 5 rings (SSSR count). The van der Waals surface area contributed by atoms with Crippen LogP contribution in [0.3, 0.4) is 0 Å². The van der Waals surface area contributed by atoms with E-state index in [1.54, 1.807) is 0 Å². The molecule has 2 aromatic rings. The third-order valence-corrected chi connectivity index (χ3v) is 7.26. The van der Waals surface area contributed by atoms with Crippen molar-refractivity contribution < 1.29 is 9.15 Å². The maximum Gasteiger partial charge on any atom is 0.251 e. The number of benzene rings is 1. The molecule has 3 aliphatic rings. The highest BCUT2D eigenvalue weighted by atomic mass is 35.5. The monoisotopic (exact) mass is 416 g/mol.